The summed E-state index contributed by atoms with van der Waals surface area (Å²) in [6, 6.07) is 20.8. The van der Waals surface area contributed by atoms with Crippen LogP contribution < -0.4 is 0 Å². The lowest BCUT2D eigenvalue weighted by atomic mass is 10.0. The van der Waals surface area contributed by atoms with Gasteiger partial charge >= 0.3 is 0 Å². The summed E-state index contributed by atoms with van der Waals surface area (Å²) in [4.78, 5) is 0. The van der Waals surface area contributed by atoms with Gasteiger partial charge in [0.05, 0.1) is 5.38 Å². The Hall–Kier alpha value is -1.27. The number of hydrogen-bond donors (Lipinski definition) is 0. The Bertz CT molecular complexity index is 341. The minimum absolute atomic E-state index is 0.0641. The van der Waals surface area contributed by atoms with Gasteiger partial charge in [0.25, 0.3) is 0 Å². The molecule has 0 heterocycles. The molecule has 2 aromatic carbocycles. The average Bonchev–Trinajstić information content (AvgIpc) is 2.30. The van der Waals surface area contributed by atoms with Crippen molar-refractivity contribution in [2.24, 2.45) is 0 Å². The highest BCUT2D eigenvalue weighted by Gasteiger charge is 2.08. The minimum atomic E-state index is -0.0641. The van der Waals surface area contributed by atoms with E-state index in [1.54, 1.807) is 0 Å². The molecule has 1 radical (unpaired) electrons. The van der Waals surface area contributed by atoms with E-state index in [1.807, 2.05) is 54.6 Å². The molecule has 69 valence electrons. The summed E-state index contributed by atoms with van der Waals surface area (Å²) in [5, 5.41) is -0.0641. The molecule has 0 bridgehead atoms. The van der Waals surface area contributed by atoms with Gasteiger partial charge in [-0.25, -0.2) is 0 Å². The molecule has 0 nitrogen and oxygen atoms in total. The highest BCUT2D eigenvalue weighted by atomic mass is 35.5. The van der Waals surface area contributed by atoms with E-state index in [1.165, 1.54) is 0 Å². The number of rotatable bonds is 2. The molecule has 0 aliphatic rings. The van der Waals surface area contributed by atoms with E-state index < -0.39 is 0 Å². The minimum Gasteiger partial charge on any atom is -0.113 e. The van der Waals surface area contributed by atoms with Crippen molar-refractivity contribution in [1.82, 2.24) is 0 Å². The fourth-order valence-electron chi connectivity index (χ4n) is 1.38. The van der Waals surface area contributed by atoms with Crippen molar-refractivity contribution in [1.29, 1.82) is 0 Å². The summed E-state index contributed by atoms with van der Waals surface area (Å²) in [5.41, 5.74) is 2.23. The molecule has 1 atom stereocenters. The van der Waals surface area contributed by atoms with Gasteiger partial charge in [-0.05, 0) is 17.2 Å². The Morgan fingerprint density at radius 3 is 2.07 bits per heavy atom. The Morgan fingerprint density at radius 1 is 0.857 bits per heavy atom. The maximum Gasteiger partial charge on any atom is 0.0835 e. The fraction of sp³-hybridized carbons (Fsp3) is 0.0769. The van der Waals surface area contributed by atoms with Crippen LogP contribution in [0.2, 0.25) is 0 Å². The second-order valence-electron chi connectivity index (χ2n) is 3.11. The Kier molecular flexibility index (Phi) is 2.85. The van der Waals surface area contributed by atoms with Crippen LogP contribution in [0.5, 0.6) is 0 Å². The third-order valence-electron chi connectivity index (χ3n) is 2.13. The van der Waals surface area contributed by atoms with Crippen LogP contribution in [0.15, 0.2) is 54.6 Å². The van der Waals surface area contributed by atoms with E-state index in [9.17, 15) is 0 Å². The maximum absolute atomic E-state index is 6.32. The van der Waals surface area contributed by atoms with Crippen molar-refractivity contribution in [3.05, 3.63) is 71.8 Å². The summed E-state index contributed by atoms with van der Waals surface area (Å²) in [6.07, 6.45) is 0. The van der Waals surface area contributed by atoms with Crippen LogP contribution in [0.25, 0.3) is 0 Å². The van der Waals surface area contributed by atoms with Crippen LogP contribution in [0.4, 0.5) is 0 Å². The average molecular weight is 202 g/mol. The number of alkyl halides is 1. The van der Waals surface area contributed by atoms with Crippen molar-refractivity contribution in [2.75, 3.05) is 0 Å². The van der Waals surface area contributed by atoms with Gasteiger partial charge in [-0.3, -0.25) is 0 Å². The zero-order valence-electron chi connectivity index (χ0n) is 7.65. The molecule has 0 aliphatic carbocycles. The third-order valence-corrected chi connectivity index (χ3v) is 2.63. The zero-order chi connectivity index (χ0) is 9.80. The molecule has 0 fully saturated rings. The van der Waals surface area contributed by atoms with Crippen molar-refractivity contribution in [3.8, 4) is 0 Å². The monoisotopic (exact) mass is 201 g/mol. The Morgan fingerprint density at radius 2 is 1.43 bits per heavy atom. The number of hydrogen-bond acceptors (Lipinski definition) is 0. The van der Waals surface area contributed by atoms with Gasteiger partial charge in [0.1, 0.15) is 0 Å². The summed E-state index contributed by atoms with van der Waals surface area (Å²) in [5.74, 6) is 0. The van der Waals surface area contributed by atoms with Crippen LogP contribution in [-0.2, 0) is 0 Å². The smallest absolute Gasteiger partial charge is 0.0835 e. The van der Waals surface area contributed by atoms with Gasteiger partial charge in [0.2, 0.25) is 0 Å². The highest BCUT2D eigenvalue weighted by Crippen LogP contribution is 2.27. The Balaban J connectivity index is 2.30. The van der Waals surface area contributed by atoms with E-state index in [0.717, 1.165) is 11.1 Å². The predicted octanol–water partition coefficient (Wildman–Crippen LogP) is 3.81. The van der Waals surface area contributed by atoms with Crippen molar-refractivity contribution in [2.45, 2.75) is 5.38 Å². The van der Waals surface area contributed by atoms with E-state index in [2.05, 4.69) is 6.07 Å². The molecular weight excluding hydrogens is 192 g/mol. The molecule has 1 heteroatoms. The van der Waals surface area contributed by atoms with Gasteiger partial charge < -0.3 is 0 Å². The number of halogens is 1. The molecule has 0 saturated heterocycles. The van der Waals surface area contributed by atoms with E-state index >= 15 is 0 Å². The highest BCUT2D eigenvalue weighted by molar-refractivity contribution is 6.22. The lowest BCUT2D eigenvalue weighted by Gasteiger charge is -2.09. The second kappa shape index (κ2) is 4.30. The predicted molar refractivity (Wildman–Crippen MR) is 59.4 cm³/mol. The first kappa shape index (κ1) is 9.29. The standard InChI is InChI=1S/C13H10Cl/c14-13(11-7-3-1-4-8-11)12-9-5-2-6-10-12/h1,3-10,13H. The van der Waals surface area contributed by atoms with Crippen LogP contribution in [0.1, 0.15) is 16.5 Å². The van der Waals surface area contributed by atoms with Crippen molar-refractivity contribution >= 4 is 11.6 Å². The number of benzene rings is 2. The first-order chi connectivity index (χ1) is 6.88. The summed E-state index contributed by atoms with van der Waals surface area (Å²) < 4.78 is 0. The molecule has 1 unspecified atom stereocenters. The van der Waals surface area contributed by atoms with Crippen molar-refractivity contribution in [3.63, 3.8) is 0 Å². The topological polar surface area (TPSA) is 0 Å². The van der Waals surface area contributed by atoms with E-state index in [4.69, 9.17) is 11.6 Å². The lowest BCUT2D eigenvalue weighted by Crippen LogP contribution is -1.91. The zero-order valence-corrected chi connectivity index (χ0v) is 8.41. The molecule has 2 aromatic rings. The van der Waals surface area contributed by atoms with Crippen LogP contribution in [0, 0.1) is 6.07 Å². The van der Waals surface area contributed by atoms with Gasteiger partial charge in [-0.15, -0.1) is 11.6 Å². The van der Waals surface area contributed by atoms with E-state index in [-0.39, 0.29) is 5.38 Å². The molecule has 0 N–H and O–H groups in total. The summed E-state index contributed by atoms with van der Waals surface area (Å²) in [7, 11) is 0. The quantitative estimate of drug-likeness (QED) is 0.649. The molecule has 0 saturated carbocycles. The normalized spacial score (nSPS) is 10.4. The summed E-state index contributed by atoms with van der Waals surface area (Å²) in [6.45, 7) is 0. The largest absolute Gasteiger partial charge is 0.113 e. The first-order valence-electron chi connectivity index (χ1n) is 4.53. The summed E-state index contributed by atoms with van der Waals surface area (Å²) >= 11 is 6.32. The second-order valence-corrected chi connectivity index (χ2v) is 3.54. The Labute approximate surface area is 89.2 Å². The van der Waals surface area contributed by atoms with Gasteiger partial charge in [-0.1, -0.05) is 54.6 Å². The first-order valence-corrected chi connectivity index (χ1v) is 4.96. The third kappa shape index (κ3) is 1.97. The lowest BCUT2D eigenvalue weighted by molar-refractivity contribution is 1.14. The van der Waals surface area contributed by atoms with Gasteiger partial charge in [-0.2, -0.15) is 0 Å². The van der Waals surface area contributed by atoms with Crippen LogP contribution >= 0.6 is 11.6 Å². The molecule has 14 heavy (non-hydrogen) atoms. The van der Waals surface area contributed by atoms with Crippen LogP contribution in [-0.4, -0.2) is 0 Å². The molecule has 0 spiro atoms. The van der Waals surface area contributed by atoms with Gasteiger partial charge in [0.15, 0.2) is 0 Å². The molecule has 0 aliphatic heterocycles. The SMILES string of the molecule is ClC(c1cc[c]cc1)c1ccccc1. The molecule has 0 aromatic heterocycles. The van der Waals surface area contributed by atoms with Gasteiger partial charge in [0, 0.05) is 0 Å². The molecule has 2 rings (SSSR count). The van der Waals surface area contributed by atoms with E-state index in [0.29, 0.717) is 0 Å². The van der Waals surface area contributed by atoms with Crippen molar-refractivity contribution < 1.29 is 0 Å². The maximum atomic E-state index is 6.32. The molecule has 0 amide bonds. The molecular formula is C13H10Cl. The van der Waals surface area contributed by atoms with Crippen LogP contribution in [0.3, 0.4) is 0 Å². The fourth-order valence-corrected chi connectivity index (χ4v) is 1.67.